The molecule has 2 rings (SSSR count). The summed E-state index contributed by atoms with van der Waals surface area (Å²) < 4.78 is 0. The maximum Gasteiger partial charge on any atom is 0.320 e. The van der Waals surface area contributed by atoms with E-state index in [4.69, 9.17) is 5.11 Å². The van der Waals surface area contributed by atoms with Gasteiger partial charge in [0.2, 0.25) is 0 Å². The van der Waals surface area contributed by atoms with E-state index in [0.717, 1.165) is 11.1 Å². The first-order valence-corrected chi connectivity index (χ1v) is 4.85. The van der Waals surface area contributed by atoms with Gasteiger partial charge in [0, 0.05) is 6.54 Å². The van der Waals surface area contributed by atoms with Crippen LogP contribution < -0.4 is 0 Å². The fourth-order valence-electron chi connectivity index (χ4n) is 1.88. The first-order valence-electron chi connectivity index (χ1n) is 4.85. The van der Waals surface area contributed by atoms with Gasteiger partial charge in [0.15, 0.2) is 0 Å². The average Bonchev–Trinajstić information content (AvgIpc) is 2.56. The van der Waals surface area contributed by atoms with Gasteiger partial charge in [-0.3, -0.25) is 9.69 Å². The van der Waals surface area contributed by atoms with E-state index in [9.17, 15) is 9.90 Å². The molecule has 0 aromatic heterocycles. The second-order valence-corrected chi connectivity index (χ2v) is 3.76. The van der Waals surface area contributed by atoms with Crippen molar-refractivity contribution in [2.45, 2.75) is 25.7 Å². The maximum absolute atomic E-state index is 10.8. The van der Waals surface area contributed by atoms with E-state index in [1.165, 1.54) is 0 Å². The molecule has 1 aliphatic rings. The Morgan fingerprint density at radius 1 is 1.53 bits per heavy atom. The summed E-state index contributed by atoms with van der Waals surface area (Å²) >= 11 is 0. The van der Waals surface area contributed by atoms with Crippen molar-refractivity contribution in [3.05, 3.63) is 35.4 Å². The number of benzene rings is 1. The fourth-order valence-corrected chi connectivity index (χ4v) is 1.88. The Kier molecular flexibility index (Phi) is 2.46. The van der Waals surface area contributed by atoms with Crippen LogP contribution in [0, 0.1) is 0 Å². The summed E-state index contributed by atoms with van der Waals surface area (Å²) in [5.74, 6) is -0.915. The molecule has 2 N–H and O–H groups in total. The lowest BCUT2D eigenvalue weighted by molar-refractivity contribution is -0.147. The molecule has 0 amide bonds. The predicted octanol–water partition coefficient (Wildman–Crippen LogP) is 0.966. The zero-order valence-electron chi connectivity index (χ0n) is 8.42. The highest BCUT2D eigenvalue weighted by molar-refractivity contribution is 5.73. The van der Waals surface area contributed by atoms with E-state index >= 15 is 0 Å². The molecular weight excluding hydrogens is 194 g/mol. The summed E-state index contributed by atoms with van der Waals surface area (Å²) in [6.07, 6.45) is -0.799. The Hall–Kier alpha value is -1.39. The van der Waals surface area contributed by atoms with Gasteiger partial charge < -0.3 is 10.2 Å². The largest absolute Gasteiger partial charge is 0.480 e. The number of aliphatic carboxylic acids is 1. The number of carboxylic acid groups (broad SMARTS) is 1. The zero-order chi connectivity index (χ0) is 11.0. The van der Waals surface area contributed by atoms with Crippen molar-refractivity contribution in [3.63, 3.8) is 0 Å². The third kappa shape index (κ3) is 1.62. The van der Waals surface area contributed by atoms with Crippen LogP contribution in [0.4, 0.5) is 0 Å². The number of carbonyl (C=O) groups is 1. The minimum atomic E-state index is -0.915. The molecule has 0 bridgehead atoms. The Morgan fingerprint density at radius 2 is 2.20 bits per heavy atom. The molecule has 1 heterocycles. The topological polar surface area (TPSA) is 60.8 Å². The van der Waals surface area contributed by atoms with Crippen molar-refractivity contribution in [2.24, 2.45) is 0 Å². The first-order chi connectivity index (χ1) is 7.11. The Labute approximate surface area is 87.8 Å². The lowest BCUT2D eigenvalue weighted by Gasteiger charge is -2.24. The molecule has 1 aromatic carbocycles. The second kappa shape index (κ2) is 3.64. The average molecular weight is 207 g/mol. The van der Waals surface area contributed by atoms with Gasteiger partial charge in [0.05, 0.1) is 0 Å². The molecule has 1 aromatic rings. The van der Waals surface area contributed by atoms with Gasteiger partial charge in [0.25, 0.3) is 0 Å². The number of carboxylic acids is 1. The highest BCUT2D eigenvalue weighted by Crippen LogP contribution is 2.32. The van der Waals surface area contributed by atoms with Crippen LogP contribution in [0.3, 0.4) is 0 Å². The molecule has 0 saturated carbocycles. The van der Waals surface area contributed by atoms with Crippen LogP contribution in [0.1, 0.15) is 24.3 Å². The normalized spacial score (nSPS) is 22.4. The Morgan fingerprint density at radius 3 is 2.80 bits per heavy atom. The minimum Gasteiger partial charge on any atom is -0.480 e. The summed E-state index contributed by atoms with van der Waals surface area (Å²) in [6.45, 7) is 2.07. The van der Waals surface area contributed by atoms with E-state index in [1.54, 1.807) is 11.8 Å². The van der Waals surface area contributed by atoms with E-state index in [-0.39, 0.29) is 0 Å². The highest BCUT2D eigenvalue weighted by atomic mass is 16.4. The SMILES string of the molecule is C[C@@H](C(=O)O)N1Cc2ccccc2C1O. The lowest BCUT2D eigenvalue weighted by atomic mass is 10.1. The van der Waals surface area contributed by atoms with Crippen LogP contribution in [0.2, 0.25) is 0 Å². The number of aliphatic hydroxyl groups excluding tert-OH is 1. The standard InChI is InChI=1S/C11H13NO3/c1-7(11(14)15)12-6-8-4-2-3-5-9(8)10(12)13/h2-5,7,10,13H,6H2,1H3,(H,14,15)/t7-,10?/m0/s1. The van der Waals surface area contributed by atoms with Crippen LogP contribution in [0.5, 0.6) is 0 Å². The Bertz CT molecular complexity index is 391. The molecule has 2 atom stereocenters. The molecule has 0 saturated heterocycles. The van der Waals surface area contributed by atoms with Crippen molar-refractivity contribution >= 4 is 5.97 Å². The Balaban J connectivity index is 2.27. The predicted molar refractivity (Wildman–Crippen MR) is 54.0 cm³/mol. The van der Waals surface area contributed by atoms with Gasteiger partial charge in [-0.1, -0.05) is 24.3 Å². The molecule has 0 radical (unpaired) electrons. The monoisotopic (exact) mass is 207 g/mol. The van der Waals surface area contributed by atoms with Gasteiger partial charge in [-0.25, -0.2) is 0 Å². The lowest BCUT2D eigenvalue weighted by Crippen LogP contribution is -2.37. The third-order valence-electron chi connectivity index (χ3n) is 2.86. The fraction of sp³-hybridized carbons (Fsp3) is 0.364. The van der Waals surface area contributed by atoms with Gasteiger partial charge in [-0.2, -0.15) is 0 Å². The van der Waals surface area contributed by atoms with E-state index in [1.807, 2.05) is 24.3 Å². The molecule has 4 heteroatoms. The zero-order valence-corrected chi connectivity index (χ0v) is 8.42. The molecule has 1 aliphatic heterocycles. The molecule has 1 unspecified atom stereocenters. The molecule has 15 heavy (non-hydrogen) atoms. The van der Waals surface area contributed by atoms with Crippen LogP contribution >= 0.6 is 0 Å². The van der Waals surface area contributed by atoms with Crippen LogP contribution in [0.15, 0.2) is 24.3 Å². The van der Waals surface area contributed by atoms with Crippen LogP contribution in [-0.4, -0.2) is 27.1 Å². The van der Waals surface area contributed by atoms with Crippen molar-refractivity contribution in [2.75, 3.05) is 0 Å². The quantitative estimate of drug-likeness (QED) is 0.758. The second-order valence-electron chi connectivity index (χ2n) is 3.76. The van der Waals surface area contributed by atoms with Crippen molar-refractivity contribution in [1.82, 2.24) is 4.90 Å². The van der Waals surface area contributed by atoms with Gasteiger partial charge in [-0.05, 0) is 18.1 Å². The summed E-state index contributed by atoms with van der Waals surface area (Å²) in [4.78, 5) is 12.4. The summed E-state index contributed by atoms with van der Waals surface area (Å²) in [7, 11) is 0. The van der Waals surface area contributed by atoms with Crippen molar-refractivity contribution < 1.29 is 15.0 Å². The summed E-state index contributed by atoms with van der Waals surface area (Å²) in [6, 6.07) is 6.80. The molecule has 0 spiro atoms. The third-order valence-corrected chi connectivity index (χ3v) is 2.86. The summed E-state index contributed by atoms with van der Waals surface area (Å²) in [5, 5.41) is 18.8. The smallest absolute Gasteiger partial charge is 0.320 e. The van der Waals surface area contributed by atoms with E-state index in [2.05, 4.69) is 0 Å². The molecule has 4 nitrogen and oxygen atoms in total. The molecule has 0 fully saturated rings. The van der Waals surface area contributed by atoms with Crippen LogP contribution in [-0.2, 0) is 11.3 Å². The minimum absolute atomic E-state index is 0.491. The van der Waals surface area contributed by atoms with Gasteiger partial charge >= 0.3 is 5.97 Å². The summed E-state index contributed by atoms with van der Waals surface area (Å²) in [5.41, 5.74) is 1.81. The maximum atomic E-state index is 10.8. The number of nitrogens with zero attached hydrogens (tertiary/aromatic N) is 1. The van der Waals surface area contributed by atoms with E-state index in [0.29, 0.717) is 6.54 Å². The van der Waals surface area contributed by atoms with Gasteiger partial charge in [0.1, 0.15) is 12.3 Å². The van der Waals surface area contributed by atoms with Crippen LogP contribution in [0.25, 0.3) is 0 Å². The van der Waals surface area contributed by atoms with Crippen molar-refractivity contribution in [3.8, 4) is 0 Å². The molecule has 80 valence electrons. The number of hydrogen-bond acceptors (Lipinski definition) is 3. The highest BCUT2D eigenvalue weighted by Gasteiger charge is 2.34. The van der Waals surface area contributed by atoms with E-state index < -0.39 is 18.2 Å². The first kappa shape index (κ1) is 10.1. The molecular formula is C11H13NO3. The number of hydrogen-bond donors (Lipinski definition) is 2. The van der Waals surface area contributed by atoms with Gasteiger partial charge in [-0.15, -0.1) is 0 Å². The number of fused-ring (bicyclic) bond motifs is 1. The number of aliphatic hydroxyl groups is 1. The number of rotatable bonds is 2. The molecule has 0 aliphatic carbocycles. The van der Waals surface area contributed by atoms with Crippen molar-refractivity contribution in [1.29, 1.82) is 0 Å².